The Balaban J connectivity index is 2.97. The predicted octanol–water partition coefficient (Wildman–Crippen LogP) is 6.14. The summed E-state index contributed by atoms with van der Waals surface area (Å²) >= 11 is 0. The van der Waals surface area contributed by atoms with E-state index in [4.69, 9.17) is 0 Å². The van der Waals surface area contributed by atoms with Crippen LogP contribution in [0.4, 0.5) is 0 Å². The van der Waals surface area contributed by atoms with Crippen molar-refractivity contribution in [1.82, 2.24) is 0 Å². The minimum absolute atomic E-state index is 0.318. The van der Waals surface area contributed by atoms with Crippen molar-refractivity contribution in [2.24, 2.45) is 16.7 Å². The van der Waals surface area contributed by atoms with Gasteiger partial charge < -0.3 is 0 Å². The van der Waals surface area contributed by atoms with E-state index in [2.05, 4.69) is 60.6 Å². The summed E-state index contributed by atoms with van der Waals surface area (Å²) in [7, 11) is 0. The topological polar surface area (TPSA) is 0 Å². The summed E-state index contributed by atoms with van der Waals surface area (Å²) in [4.78, 5) is 0. The van der Waals surface area contributed by atoms with Gasteiger partial charge in [-0.25, -0.2) is 0 Å². The van der Waals surface area contributed by atoms with Crippen molar-refractivity contribution in [3.8, 4) is 0 Å². The van der Waals surface area contributed by atoms with Gasteiger partial charge in [0.2, 0.25) is 0 Å². The van der Waals surface area contributed by atoms with Crippen LogP contribution in [-0.4, -0.2) is 0 Å². The van der Waals surface area contributed by atoms with Gasteiger partial charge in [-0.05, 0) is 29.6 Å². The number of rotatable bonds is 3. The molecule has 0 aliphatic heterocycles. The summed E-state index contributed by atoms with van der Waals surface area (Å²) < 4.78 is 0. The molecular weight excluding hydrogens is 216 g/mol. The molecule has 0 aromatic carbocycles. The van der Waals surface area contributed by atoms with Crippen molar-refractivity contribution in [3.05, 3.63) is 23.3 Å². The fourth-order valence-electron chi connectivity index (χ4n) is 2.90. The molecule has 0 fully saturated rings. The SMILES string of the molecule is CCCCC1CC(C(C)(C)C)=CC=C1C(C)(C)C. The lowest BCUT2D eigenvalue weighted by Gasteiger charge is -2.37. The summed E-state index contributed by atoms with van der Waals surface area (Å²) in [5, 5.41) is 0. The minimum atomic E-state index is 0.318. The second-order valence-electron chi connectivity index (χ2n) is 7.86. The van der Waals surface area contributed by atoms with E-state index in [1.165, 1.54) is 25.7 Å². The molecule has 0 spiro atoms. The van der Waals surface area contributed by atoms with Gasteiger partial charge in [-0.1, -0.05) is 84.6 Å². The van der Waals surface area contributed by atoms with Gasteiger partial charge in [-0.3, -0.25) is 0 Å². The van der Waals surface area contributed by atoms with Gasteiger partial charge in [0.15, 0.2) is 0 Å². The van der Waals surface area contributed by atoms with E-state index in [1.54, 1.807) is 11.1 Å². The van der Waals surface area contributed by atoms with E-state index in [1.807, 2.05) is 0 Å². The van der Waals surface area contributed by atoms with E-state index in [-0.39, 0.29) is 0 Å². The molecule has 0 aromatic heterocycles. The highest BCUT2D eigenvalue weighted by molar-refractivity contribution is 5.32. The van der Waals surface area contributed by atoms with Crippen LogP contribution in [0.5, 0.6) is 0 Å². The Labute approximate surface area is 115 Å². The smallest absolute Gasteiger partial charge is 0.0157 e. The summed E-state index contributed by atoms with van der Waals surface area (Å²) in [6.07, 6.45) is 10.1. The van der Waals surface area contributed by atoms with Gasteiger partial charge in [0, 0.05) is 0 Å². The van der Waals surface area contributed by atoms with Crippen LogP contribution in [0.2, 0.25) is 0 Å². The lowest BCUT2D eigenvalue weighted by atomic mass is 9.68. The van der Waals surface area contributed by atoms with Gasteiger partial charge in [-0.15, -0.1) is 0 Å². The molecule has 1 rings (SSSR count). The molecule has 0 nitrogen and oxygen atoms in total. The molecule has 0 aromatic rings. The molecule has 0 bridgehead atoms. The number of hydrogen-bond acceptors (Lipinski definition) is 0. The molecule has 1 aliphatic carbocycles. The largest absolute Gasteiger partial charge is 0.0654 e. The zero-order chi connectivity index (χ0) is 14.0. The molecule has 1 aliphatic rings. The maximum absolute atomic E-state index is 2.42. The van der Waals surface area contributed by atoms with Crippen molar-refractivity contribution in [2.75, 3.05) is 0 Å². The molecule has 0 radical (unpaired) electrons. The molecule has 0 saturated carbocycles. The molecule has 0 amide bonds. The van der Waals surface area contributed by atoms with Crippen molar-refractivity contribution in [1.29, 1.82) is 0 Å². The Morgan fingerprint density at radius 1 is 1.00 bits per heavy atom. The second kappa shape index (κ2) is 5.63. The van der Waals surface area contributed by atoms with Crippen LogP contribution in [-0.2, 0) is 0 Å². The van der Waals surface area contributed by atoms with E-state index in [0.29, 0.717) is 10.8 Å². The van der Waals surface area contributed by atoms with Crippen LogP contribution < -0.4 is 0 Å². The molecule has 0 heteroatoms. The highest BCUT2D eigenvalue weighted by Gasteiger charge is 2.30. The highest BCUT2D eigenvalue weighted by Crippen LogP contribution is 2.43. The monoisotopic (exact) mass is 248 g/mol. The van der Waals surface area contributed by atoms with E-state index in [9.17, 15) is 0 Å². The zero-order valence-corrected chi connectivity index (χ0v) is 13.6. The van der Waals surface area contributed by atoms with Gasteiger partial charge in [-0.2, -0.15) is 0 Å². The van der Waals surface area contributed by atoms with Gasteiger partial charge in [0.05, 0.1) is 0 Å². The third-order valence-corrected chi connectivity index (χ3v) is 4.11. The van der Waals surface area contributed by atoms with E-state index in [0.717, 1.165) is 5.92 Å². The van der Waals surface area contributed by atoms with Crippen LogP contribution in [0.3, 0.4) is 0 Å². The Kier molecular flexibility index (Phi) is 4.86. The first-order valence-electron chi connectivity index (χ1n) is 7.58. The molecule has 1 atom stereocenters. The first kappa shape index (κ1) is 15.5. The van der Waals surface area contributed by atoms with Crippen molar-refractivity contribution in [3.63, 3.8) is 0 Å². The standard InChI is InChI=1S/C18H32/c1-8-9-10-14-13-15(17(2,3)4)11-12-16(14)18(5,6)7/h11-12,14H,8-10,13H2,1-7H3. The summed E-state index contributed by atoms with van der Waals surface area (Å²) in [6.45, 7) is 16.4. The molecule has 104 valence electrons. The molecule has 0 heterocycles. The molecule has 1 unspecified atom stereocenters. The number of hydrogen-bond donors (Lipinski definition) is 0. The Hall–Kier alpha value is -0.520. The predicted molar refractivity (Wildman–Crippen MR) is 82.7 cm³/mol. The van der Waals surface area contributed by atoms with Crippen LogP contribution in [0.1, 0.15) is 74.1 Å². The first-order valence-corrected chi connectivity index (χ1v) is 7.58. The van der Waals surface area contributed by atoms with Crippen LogP contribution in [0.25, 0.3) is 0 Å². The Morgan fingerprint density at radius 2 is 1.61 bits per heavy atom. The normalized spacial score (nSPS) is 21.6. The average Bonchev–Trinajstić information content (AvgIpc) is 2.23. The van der Waals surface area contributed by atoms with Crippen molar-refractivity contribution < 1.29 is 0 Å². The first-order chi connectivity index (χ1) is 8.16. The Morgan fingerprint density at radius 3 is 2.06 bits per heavy atom. The lowest BCUT2D eigenvalue weighted by molar-refractivity contribution is 0.365. The number of unbranched alkanes of at least 4 members (excludes halogenated alkanes) is 1. The second-order valence-corrected chi connectivity index (χ2v) is 7.86. The van der Waals surface area contributed by atoms with E-state index >= 15 is 0 Å². The molecule has 0 N–H and O–H groups in total. The quantitative estimate of drug-likeness (QED) is 0.562. The van der Waals surface area contributed by atoms with Crippen molar-refractivity contribution in [2.45, 2.75) is 74.1 Å². The Bertz CT molecular complexity index is 328. The van der Waals surface area contributed by atoms with Gasteiger partial charge >= 0.3 is 0 Å². The summed E-state index contributed by atoms with van der Waals surface area (Å²) in [5.74, 6) is 0.768. The summed E-state index contributed by atoms with van der Waals surface area (Å²) in [5.41, 5.74) is 3.92. The maximum Gasteiger partial charge on any atom is -0.0157 e. The van der Waals surface area contributed by atoms with Crippen LogP contribution in [0, 0.1) is 16.7 Å². The number of allylic oxidation sites excluding steroid dienone is 4. The average molecular weight is 248 g/mol. The molecule has 18 heavy (non-hydrogen) atoms. The van der Waals surface area contributed by atoms with Crippen molar-refractivity contribution >= 4 is 0 Å². The lowest BCUT2D eigenvalue weighted by Crippen LogP contribution is -2.24. The summed E-state index contributed by atoms with van der Waals surface area (Å²) in [6, 6.07) is 0. The van der Waals surface area contributed by atoms with Crippen LogP contribution >= 0.6 is 0 Å². The van der Waals surface area contributed by atoms with Gasteiger partial charge in [0.1, 0.15) is 0 Å². The third kappa shape index (κ3) is 4.00. The van der Waals surface area contributed by atoms with Crippen LogP contribution in [0.15, 0.2) is 23.3 Å². The minimum Gasteiger partial charge on any atom is -0.0654 e. The fourth-order valence-corrected chi connectivity index (χ4v) is 2.90. The maximum atomic E-state index is 2.42. The molecular formula is C18H32. The fraction of sp³-hybridized carbons (Fsp3) is 0.778. The van der Waals surface area contributed by atoms with Gasteiger partial charge in [0.25, 0.3) is 0 Å². The van der Waals surface area contributed by atoms with E-state index < -0.39 is 0 Å². The third-order valence-electron chi connectivity index (χ3n) is 4.11. The highest BCUT2D eigenvalue weighted by atomic mass is 14.3. The molecule has 0 saturated heterocycles. The zero-order valence-electron chi connectivity index (χ0n) is 13.6.